The predicted octanol–water partition coefficient (Wildman–Crippen LogP) is 2.38. The molecule has 0 aliphatic carbocycles. The lowest BCUT2D eigenvalue weighted by Gasteiger charge is -2.19. The molecule has 0 saturated carbocycles. The summed E-state index contributed by atoms with van der Waals surface area (Å²) in [5.74, 6) is -1.24. The topological polar surface area (TPSA) is 65.5 Å². The minimum atomic E-state index is -1.01. The zero-order chi connectivity index (χ0) is 14.6. The van der Waals surface area contributed by atoms with Gasteiger partial charge in [-0.15, -0.1) is 0 Å². The van der Waals surface area contributed by atoms with Gasteiger partial charge in [0.2, 0.25) is 0 Å². The molecule has 1 aromatic heterocycles. The van der Waals surface area contributed by atoms with Crippen LogP contribution in [0.2, 0.25) is 5.15 Å². The summed E-state index contributed by atoms with van der Waals surface area (Å²) in [6, 6.07) is 1.68. The standard InChI is InChI=1S/C13H14ClNO4/c1-7-5-10(12(14)15-6-7)11(19-9(3)16)8(2)13(17)18-4/h5-6,11H,2H2,1,3-4H3. The molecule has 0 aliphatic rings. The Kier molecular flexibility index (Phi) is 5.06. The highest BCUT2D eigenvalue weighted by Crippen LogP contribution is 2.30. The third kappa shape index (κ3) is 3.79. The molecule has 0 aromatic carbocycles. The van der Waals surface area contributed by atoms with E-state index in [1.165, 1.54) is 14.0 Å². The molecule has 1 heterocycles. The largest absolute Gasteiger partial charge is 0.466 e. The Hall–Kier alpha value is -1.88. The van der Waals surface area contributed by atoms with Gasteiger partial charge in [-0.1, -0.05) is 18.2 Å². The second kappa shape index (κ2) is 6.33. The van der Waals surface area contributed by atoms with Crippen molar-refractivity contribution in [1.29, 1.82) is 0 Å². The van der Waals surface area contributed by atoms with Gasteiger partial charge in [-0.2, -0.15) is 0 Å². The summed E-state index contributed by atoms with van der Waals surface area (Å²) in [5, 5.41) is 0.141. The molecule has 0 radical (unpaired) electrons. The van der Waals surface area contributed by atoms with E-state index >= 15 is 0 Å². The van der Waals surface area contributed by atoms with Crippen LogP contribution in [0, 0.1) is 6.92 Å². The zero-order valence-corrected chi connectivity index (χ0v) is 11.7. The first-order valence-corrected chi connectivity index (χ1v) is 5.81. The number of rotatable bonds is 4. The Morgan fingerprint density at radius 3 is 2.63 bits per heavy atom. The fourth-order valence-electron chi connectivity index (χ4n) is 1.49. The van der Waals surface area contributed by atoms with Crippen LogP contribution in [0.4, 0.5) is 0 Å². The SMILES string of the molecule is C=C(C(=O)OC)C(OC(C)=O)c1cc(C)cnc1Cl. The van der Waals surface area contributed by atoms with Gasteiger partial charge in [-0.25, -0.2) is 9.78 Å². The zero-order valence-electron chi connectivity index (χ0n) is 10.9. The van der Waals surface area contributed by atoms with Crippen molar-refractivity contribution in [2.75, 3.05) is 7.11 Å². The van der Waals surface area contributed by atoms with E-state index in [2.05, 4.69) is 16.3 Å². The van der Waals surface area contributed by atoms with Crippen LogP contribution in [0.25, 0.3) is 0 Å². The molecule has 1 aromatic rings. The predicted molar refractivity (Wildman–Crippen MR) is 69.6 cm³/mol. The number of hydrogen-bond acceptors (Lipinski definition) is 5. The van der Waals surface area contributed by atoms with Crippen LogP contribution < -0.4 is 0 Å². The van der Waals surface area contributed by atoms with Crippen LogP contribution in [0.1, 0.15) is 24.2 Å². The quantitative estimate of drug-likeness (QED) is 0.482. The average Bonchev–Trinajstić information content (AvgIpc) is 2.37. The molecule has 1 unspecified atom stereocenters. The lowest BCUT2D eigenvalue weighted by Crippen LogP contribution is -2.18. The van der Waals surface area contributed by atoms with Crippen molar-refractivity contribution in [2.45, 2.75) is 20.0 Å². The van der Waals surface area contributed by atoms with E-state index < -0.39 is 18.0 Å². The first-order valence-electron chi connectivity index (χ1n) is 5.43. The second-order valence-corrected chi connectivity index (χ2v) is 4.26. The molecule has 0 saturated heterocycles. The molecule has 0 amide bonds. The Labute approximate surface area is 116 Å². The van der Waals surface area contributed by atoms with Crippen molar-refractivity contribution >= 4 is 23.5 Å². The van der Waals surface area contributed by atoms with E-state index in [1.54, 1.807) is 19.2 Å². The number of aryl methyl sites for hydroxylation is 1. The van der Waals surface area contributed by atoms with Gasteiger partial charge >= 0.3 is 11.9 Å². The molecule has 1 atom stereocenters. The highest BCUT2D eigenvalue weighted by Gasteiger charge is 2.27. The number of halogens is 1. The van der Waals surface area contributed by atoms with E-state index in [9.17, 15) is 9.59 Å². The molecule has 1 rings (SSSR count). The van der Waals surface area contributed by atoms with Crippen LogP contribution in [-0.2, 0) is 19.1 Å². The van der Waals surface area contributed by atoms with Crippen molar-refractivity contribution in [3.05, 3.63) is 40.7 Å². The van der Waals surface area contributed by atoms with Gasteiger partial charge in [0.25, 0.3) is 0 Å². The maximum atomic E-state index is 11.5. The number of aromatic nitrogens is 1. The summed E-state index contributed by atoms with van der Waals surface area (Å²) in [7, 11) is 1.22. The van der Waals surface area contributed by atoms with Gasteiger partial charge in [0, 0.05) is 18.7 Å². The smallest absolute Gasteiger partial charge is 0.337 e. The Morgan fingerprint density at radius 2 is 2.11 bits per heavy atom. The number of esters is 2. The van der Waals surface area contributed by atoms with Crippen molar-refractivity contribution in [1.82, 2.24) is 4.98 Å². The molecule has 0 spiro atoms. The molecule has 0 N–H and O–H groups in total. The summed E-state index contributed by atoms with van der Waals surface area (Å²) in [6.45, 7) is 6.62. The maximum absolute atomic E-state index is 11.5. The van der Waals surface area contributed by atoms with Gasteiger partial charge in [0.1, 0.15) is 5.15 Å². The maximum Gasteiger partial charge on any atom is 0.337 e. The van der Waals surface area contributed by atoms with Crippen molar-refractivity contribution in [3.8, 4) is 0 Å². The number of pyridine rings is 1. The van der Waals surface area contributed by atoms with Crippen molar-refractivity contribution in [3.63, 3.8) is 0 Å². The number of carbonyl (C=O) groups excluding carboxylic acids is 2. The summed E-state index contributed by atoms with van der Waals surface area (Å²) >= 11 is 5.97. The Morgan fingerprint density at radius 1 is 1.47 bits per heavy atom. The molecule has 19 heavy (non-hydrogen) atoms. The highest BCUT2D eigenvalue weighted by atomic mass is 35.5. The molecule has 6 heteroatoms. The molecular weight excluding hydrogens is 270 g/mol. The van der Waals surface area contributed by atoms with E-state index in [-0.39, 0.29) is 10.7 Å². The highest BCUT2D eigenvalue weighted by molar-refractivity contribution is 6.30. The fourth-order valence-corrected chi connectivity index (χ4v) is 1.69. The molecule has 0 bridgehead atoms. The van der Waals surface area contributed by atoms with Crippen molar-refractivity contribution < 1.29 is 19.1 Å². The van der Waals surface area contributed by atoms with Crippen LogP contribution in [0.15, 0.2) is 24.4 Å². The number of ether oxygens (including phenoxy) is 2. The third-order valence-electron chi connectivity index (χ3n) is 2.33. The van der Waals surface area contributed by atoms with Gasteiger partial charge in [0.05, 0.1) is 12.7 Å². The Bertz CT molecular complexity index is 527. The third-order valence-corrected chi connectivity index (χ3v) is 2.65. The van der Waals surface area contributed by atoms with Crippen molar-refractivity contribution in [2.24, 2.45) is 0 Å². The number of methoxy groups -OCH3 is 1. The van der Waals surface area contributed by atoms with Gasteiger partial charge in [0.15, 0.2) is 6.10 Å². The number of nitrogens with zero attached hydrogens (tertiary/aromatic N) is 1. The van der Waals surface area contributed by atoms with Crippen LogP contribution in [0.5, 0.6) is 0 Å². The fraction of sp³-hybridized carbons (Fsp3) is 0.308. The van der Waals surface area contributed by atoms with E-state index in [0.29, 0.717) is 5.56 Å². The van der Waals surface area contributed by atoms with Crippen LogP contribution in [-0.4, -0.2) is 24.0 Å². The normalized spacial score (nSPS) is 11.6. The van der Waals surface area contributed by atoms with E-state index in [1.807, 2.05) is 0 Å². The second-order valence-electron chi connectivity index (χ2n) is 3.90. The summed E-state index contributed by atoms with van der Waals surface area (Å²) in [5.41, 5.74) is 1.19. The van der Waals surface area contributed by atoms with Gasteiger partial charge in [-0.05, 0) is 18.6 Å². The van der Waals surface area contributed by atoms with Gasteiger partial charge in [-0.3, -0.25) is 4.79 Å². The Balaban J connectivity index is 3.23. The summed E-state index contributed by atoms with van der Waals surface area (Å²) < 4.78 is 9.67. The number of carbonyl (C=O) groups is 2. The molecule has 5 nitrogen and oxygen atoms in total. The van der Waals surface area contributed by atoms with E-state index in [0.717, 1.165) is 5.56 Å². The summed E-state index contributed by atoms with van der Waals surface area (Å²) in [4.78, 5) is 26.6. The first kappa shape index (κ1) is 15.2. The van der Waals surface area contributed by atoms with Crippen LogP contribution >= 0.6 is 11.6 Å². The monoisotopic (exact) mass is 283 g/mol. The van der Waals surface area contributed by atoms with E-state index in [4.69, 9.17) is 16.3 Å². The number of hydrogen-bond donors (Lipinski definition) is 0. The molecule has 0 aliphatic heterocycles. The average molecular weight is 284 g/mol. The van der Waals surface area contributed by atoms with Crippen LogP contribution in [0.3, 0.4) is 0 Å². The summed E-state index contributed by atoms with van der Waals surface area (Å²) in [6.07, 6.45) is 0.558. The van der Waals surface area contributed by atoms with Gasteiger partial charge < -0.3 is 9.47 Å². The first-order chi connectivity index (χ1) is 8.86. The molecule has 102 valence electrons. The lowest BCUT2D eigenvalue weighted by molar-refractivity contribution is -0.147. The minimum Gasteiger partial charge on any atom is -0.466 e. The minimum absolute atomic E-state index is 0.0213. The molecule has 0 fully saturated rings. The molecular formula is C13H14ClNO4. The lowest BCUT2D eigenvalue weighted by atomic mass is 10.0.